The number of ether oxygens (including phenoxy) is 1. The lowest BCUT2D eigenvalue weighted by Crippen LogP contribution is -2.09. The zero-order valence-electron chi connectivity index (χ0n) is 8.30. The van der Waals surface area contributed by atoms with Crippen molar-refractivity contribution in [2.75, 3.05) is 6.61 Å². The molecule has 1 unspecified atom stereocenters. The molecule has 0 aromatic carbocycles. The summed E-state index contributed by atoms with van der Waals surface area (Å²) in [5.74, 6) is 16.5. The van der Waals surface area contributed by atoms with E-state index in [4.69, 9.17) is 16.3 Å². The van der Waals surface area contributed by atoms with Crippen LogP contribution in [0.3, 0.4) is 0 Å². The fraction of sp³-hybridized carbons (Fsp3) is 0.231. The van der Waals surface area contributed by atoms with E-state index in [1.54, 1.807) is 19.1 Å². The molecule has 1 aliphatic heterocycles. The summed E-state index contributed by atoms with van der Waals surface area (Å²) in [6.45, 7) is 2.21. The van der Waals surface area contributed by atoms with Gasteiger partial charge in [-0.3, -0.25) is 0 Å². The molecule has 0 saturated heterocycles. The van der Waals surface area contributed by atoms with Gasteiger partial charge in [0.1, 0.15) is 12.4 Å². The molecule has 2 heteroatoms. The van der Waals surface area contributed by atoms with Gasteiger partial charge < -0.3 is 4.74 Å². The van der Waals surface area contributed by atoms with Crippen LogP contribution in [0.25, 0.3) is 0 Å². The van der Waals surface area contributed by atoms with E-state index < -0.39 is 0 Å². The molecule has 1 heterocycles. The predicted molar refractivity (Wildman–Crippen MR) is 61.8 cm³/mol. The Balaban J connectivity index is 2.54. The van der Waals surface area contributed by atoms with Crippen molar-refractivity contribution < 1.29 is 4.74 Å². The van der Waals surface area contributed by atoms with Gasteiger partial charge in [-0.1, -0.05) is 17.9 Å². The molecule has 1 rings (SSSR count). The molecule has 0 amide bonds. The van der Waals surface area contributed by atoms with Crippen molar-refractivity contribution in [3.63, 3.8) is 0 Å². The Morgan fingerprint density at radius 3 is 2.87 bits per heavy atom. The Morgan fingerprint density at radius 1 is 1.40 bits per heavy atom. The first kappa shape index (κ1) is 11.3. The van der Waals surface area contributed by atoms with E-state index in [0.29, 0.717) is 12.4 Å². The van der Waals surface area contributed by atoms with Gasteiger partial charge in [-0.2, -0.15) is 0 Å². The Bertz CT molecular complexity index is 452. The van der Waals surface area contributed by atoms with E-state index in [-0.39, 0.29) is 5.38 Å². The molecular formula is C13H9ClO. The van der Waals surface area contributed by atoms with E-state index in [1.807, 2.05) is 6.08 Å². The fourth-order valence-corrected chi connectivity index (χ4v) is 0.973. The molecule has 1 nitrogen and oxygen atoms in total. The number of rotatable bonds is 0. The lowest BCUT2D eigenvalue weighted by molar-refractivity contribution is 0.224. The van der Waals surface area contributed by atoms with Crippen LogP contribution >= 0.6 is 11.6 Å². The number of allylic oxidation sites excluding steroid dienone is 2. The van der Waals surface area contributed by atoms with Crippen molar-refractivity contribution in [1.29, 1.82) is 0 Å². The quantitative estimate of drug-likeness (QED) is 0.445. The van der Waals surface area contributed by atoms with Crippen LogP contribution in [0.4, 0.5) is 0 Å². The zero-order valence-corrected chi connectivity index (χ0v) is 9.06. The van der Waals surface area contributed by atoms with Crippen molar-refractivity contribution in [3.8, 4) is 35.5 Å². The number of alkyl halides is 1. The largest absolute Gasteiger partial charge is 0.491 e. The van der Waals surface area contributed by atoms with Gasteiger partial charge in [-0.25, -0.2) is 0 Å². The maximum absolute atomic E-state index is 5.79. The van der Waals surface area contributed by atoms with Gasteiger partial charge in [0.25, 0.3) is 0 Å². The van der Waals surface area contributed by atoms with Gasteiger partial charge in [0.05, 0.1) is 5.38 Å². The van der Waals surface area contributed by atoms with Crippen LogP contribution < -0.4 is 0 Å². The topological polar surface area (TPSA) is 9.23 Å². The lowest BCUT2D eigenvalue weighted by Gasteiger charge is -2.13. The third-order valence-electron chi connectivity index (χ3n) is 1.48. The van der Waals surface area contributed by atoms with Crippen LogP contribution in [0.1, 0.15) is 6.92 Å². The average Bonchev–Trinajstić information content (AvgIpc) is 2.26. The van der Waals surface area contributed by atoms with Gasteiger partial charge in [-0.15, -0.1) is 11.6 Å². The summed E-state index contributed by atoms with van der Waals surface area (Å²) in [5, 5.41) is -0.0465. The van der Waals surface area contributed by atoms with Crippen LogP contribution in [0.15, 0.2) is 24.0 Å². The smallest absolute Gasteiger partial charge is 0.127 e. The molecule has 0 spiro atoms. The van der Waals surface area contributed by atoms with Crippen LogP contribution in [-0.2, 0) is 4.74 Å². The second kappa shape index (κ2) is 6.67. The highest BCUT2D eigenvalue weighted by molar-refractivity contribution is 6.22. The standard InChI is InChI=1S/C13H9ClO/c1-2-3-4-5-6-7-8-13-10-9-12(14)11-15-13/h8-10,12H,11H2,1H3/b13-8-. The van der Waals surface area contributed by atoms with Crippen LogP contribution in [0.2, 0.25) is 0 Å². The Labute approximate surface area is 95.1 Å². The molecule has 15 heavy (non-hydrogen) atoms. The molecule has 0 fully saturated rings. The second-order valence-corrected chi connectivity index (χ2v) is 3.19. The second-order valence-electron chi connectivity index (χ2n) is 2.63. The maximum atomic E-state index is 5.79. The van der Waals surface area contributed by atoms with Crippen LogP contribution in [-0.4, -0.2) is 12.0 Å². The van der Waals surface area contributed by atoms with Crippen molar-refractivity contribution in [3.05, 3.63) is 24.0 Å². The third kappa shape index (κ3) is 4.87. The molecule has 0 aliphatic carbocycles. The molecule has 0 saturated carbocycles. The minimum Gasteiger partial charge on any atom is -0.491 e. The normalized spacial score (nSPS) is 19.9. The molecular weight excluding hydrogens is 208 g/mol. The zero-order chi connectivity index (χ0) is 10.9. The minimum absolute atomic E-state index is 0.0465. The summed E-state index contributed by atoms with van der Waals surface area (Å²) in [7, 11) is 0. The minimum atomic E-state index is -0.0465. The molecule has 1 aliphatic rings. The van der Waals surface area contributed by atoms with E-state index in [1.165, 1.54) is 0 Å². The molecule has 0 N–H and O–H groups in total. The van der Waals surface area contributed by atoms with E-state index in [0.717, 1.165) is 0 Å². The summed E-state index contributed by atoms with van der Waals surface area (Å²) in [6.07, 6.45) is 5.33. The Morgan fingerprint density at radius 2 is 2.20 bits per heavy atom. The molecule has 1 atom stereocenters. The summed E-state index contributed by atoms with van der Waals surface area (Å²) < 4.78 is 5.28. The van der Waals surface area contributed by atoms with Gasteiger partial charge in [0.15, 0.2) is 0 Å². The van der Waals surface area contributed by atoms with E-state index >= 15 is 0 Å². The highest BCUT2D eigenvalue weighted by atomic mass is 35.5. The van der Waals surface area contributed by atoms with Gasteiger partial charge in [0, 0.05) is 6.08 Å². The average molecular weight is 217 g/mol. The van der Waals surface area contributed by atoms with Crippen LogP contribution in [0, 0.1) is 35.5 Å². The van der Waals surface area contributed by atoms with Crippen molar-refractivity contribution in [2.45, 2.75) is 12.3 Å². The molecule has 0 radical (unpaired) electrons. The van der Waals surface area contributed by atoms with Gasteiger partial charge in [0.2, 0.25) is 0 Å². The van der Waals surface area contributed by atoms with Crippen molar-refractivity contribution in [2.24, 2.45) is 0 Å². The van der Waals surface area contributed by atoms with Crippen molar-refractivity contribution >= 4 is 11.6 Å². The predicted octanol–water partition coefficient (Wildman–Crippen LogP) is 2.09. The first-order valence-electron chi connectivity index (χ1n) is 4.40. The first-order chi connectivity index (χ1) is 7.33. The lowest BCUT2D eigenvalue weighted by atomic mass is 10.3. The molecule has 0 aromatic heterocycles. The van der Waals surface area contributed by atoms with Crippen LogP contribution in [0.5, 0.6) is 0 Å². The van der Waals surface area contributed by atoms with Crippen molar-refractivity contribution in [1.82, 2.24) is 0 Å². The highest BCUT2D eigenvalue weighted by Crippen LogP contribution is 2.11. The number of hydrogen-bond acceptors (Lipinski definition) is 1. The Hall–Kier alpha value is -1.75. The molecule has 74 valence electrons. The highest BCUT2D eigenvalue weighted by Gasteiger charge is 2.06. The summed E-state index contributed by atoms with van der Waals surface area (Å²) in [6, 6.07) is 0. The monoisotopic (exact) mass is 216 g/mol. The fourth-order valence-electron chi connectivity index (χ4n) is 0.837. The van der Waals surface area contributed by atoms with E-state index in [2.05, 4.69) is 35.5 Å². The SMILES string of the molecule is CC#CC#CC#C/C=C1/C=CC(Cl)CO1. The maximum Gasteiger partial charge on any atom is 0.127 e. The number of hydrogen-bond donors (Lipinski definition) is 0. The summed E-state index contributed by atoms with van der Waals surface area (Å²) >= 11 is 5.79. The first-order valence-corrected chi connectivity index (χ1v) is 4.84. The molecule has 0 bridgehead atoms. The summed E-state index contributed by atoms with van der Waals surface area (Å²) in [5.41, 5.74) is 0. The van der Waals surface area contributed by atoms with Gasteiger partial charge in [-0.05, 0) is 36.7 Å². The van der Waals surface area contributed by atoms with E-state index in [9.17, 15) is 0 Å². The third-order valence-corrected chi connectivity index (χ3v) is 1.75. The number of halogens is 1. The Kier molecular flexibility index (Phi) is 5.03. The van der Waals surface area contributed by atoms with Gasteiger partial charge >= 0.3 is 0 Å². The molecule has 0 aromatic rings. The summed E-state index contributed by atoms with van der Waals surface area (Å²) in [4.78, 5) is 0.